The van der Waals surface area contributed by atoms with E-state index in [0.29, 0.717) is 25.1 Å². The minimum atomic E-state index is -0.202. The predicted octanol–water partition coefficient (Wildman–Crippen LogP) is 1.91. The highest BCUT2D eigenvalue weighted by atomic mass is 16.2. The zero-order valence-corrected chi connectivity index (χ0v) is 13.4. The maximum absolute atomic E-state index is 11.9. The molecule has 1 aliphatic heterocycles. The van der Waals surface area contributed by atoms with Gasteiger partial charge in [-0.1, -0.05) is 45.0 Å². The second-order valence-corrected chi connectivity index (χ2v) is 6.55. The first-order valence-corrected chi connectivity index (χ1v) is 7.59. The van der Waals surface area contributed by atoms with Crippen LogP contribution in [0.15, 0.2) is 29.4 Å². The Morgan fingerprint density at radius 3 is 2.45 bits per heavy atom. The van der Waals surface area contributed by atoms with Crippen molar-refractivity contribution in [3.8, 4) is 0 Å². The Bertz CT molecular complexity index is 583. The summed E-state index contributed by atoms with van der Waals surface area (Å²) >= 11 is 0. The van der Waals surface area contributed by atoms with Gasteiger partial charge >= 0.3 is 0 Å². The number of nitrogens with zero attached hydrogens (tertiary/aromatic N) is 1. The van der Waals surface area contributed by atoms with E-state index in [1.54, 1.807) is 0 Å². The molecule has 1 heterocycles. The molecule has 2 N–H and O–H groups in total. The molecule has 2 rings (SSSR count). The Hall–Kier alpha value is -2.17. The topological polar surface area (TPSA) is 70.6 Å². The lowest BCUT2D eigenvalue weighted by Gasteiger charge is -2.19. The molecule has 5 nitrogen and oxygen atoms in total. The minimum absolute atomic E-state index is 0.143. The van der Waals surface area contributed by atoms with E-state index in [0.717, 1.165) is 6.42 Å². The standard InChI is InChI=1S/C17H23N3O2/c1-17(2,3)13-6-4-12(5-7-13)10-11-18-16(22)14-8-9-15(21)20-19-14/h4-7H,8-11H2,1-3H3,(H,18,22)(H,20,21). The fourth-order valence-corrected chi connectivity index (χ4v) is 2.23. The fourth-order valence-electron chi connectivity index (χ4n) is 2.23. The highest BCUT2D eigenvalue weighted by molar-refractivity contribution is 6.39. The average molecular weight is 301 g/mol. The summed E-state index contributed by atoms with van der Waals surface area (Å²) in [6, 6.07) is 8.48. The molecule has 0 atom stereocenters. The summed E-state index contributed by atoms with van der Waals surface area (Å²) in [4.78, 5) is 22.9. The van der Waals surface area contributed by atoms with Gasteiger partial charge in [0, 0.05) is 19.4 Å². The summed E-state index contributed by atoms with van der Waals surface area (Å²) in [5, 5.41) is 6.62. The maximum atomic E-state index is 11.9. The predicted molar refractivity (Wildman–Crippen MR) is 86.7 cm³/mol. The summed E-state index contributed by atoms with van der Waals surface area (Å²) in [6.07, 6.45) is 1.49. The van der Waals surface area contributed by atoms with Crippen molar-refractivity contribution in [3.63, 3.8) is 0 Å². The van der Waals surface area contributed by atoms with E-state index in [4.69, 9.17) is 0 Å². The Morgan fingerprint density at radius 2 is 1.91 bits per heavy atom. The maximum Gasteiger partial charge on any atom is 0.267 e. The third-order valence-corrected chi connectivity index (χ3v) is 3.69. The molecule has 0 saturated heterocycles. The van der Waals surface area contributed by atoms with Crippen LogP contribution in [0, 0.1) is 0 Å². The number of hydrogen-bond donors (Lipinski definition) is 2. The van der Waals surface area contributed by atoms with E-state index in [1.165, 1.54) is 11.1 Å². The largest absolute Gasteiger partial charge is 0.351 e. The Balaban J connectivity index is 1.81. The average Bonchev–Trinajstić information content (AvgIpc) is 2.47. The van der Waals surface area contributed by atoms with Gasteiger partial charge in [-0.15, -0.1) is 0 Å². The van der Waals surface area contributed by atoms with Gasteiger partial charge in [-0.05, 0) is 23.0 Å². The number of carbonyl (C=O) groups is 2. The molecule has 1 aromatic carbocycles. The normalized spacial score (nSPS) is 15.0. The SMILES string of the molecule is CC(C)(C)c1ccc(CCNC(=O)C2=NNC(=O)CC2)cc1. The summed E-state index contributed by atoms with van der Waals surface area (Å²) < 4.78 is 0. The van der Waals surface area contributed by atoms with Gasteiger partial charge in [-0.25, -0.2) is 5.43 Å². The quantitative estimate of drug-likeness (QED) is 0.892. The molecule has 2 amide bonds. The molecule has 0 radical (unpaired) electrons. The first kappa shape index (κ1) is 16.2. The fraction of sp³-hybridized carbons (Fsp3) is 0.471. The number of benzene rings is 1. The number of rotatable bonds is 4. The molecule has 0 aliphatic carbocycles. The van der Waals surface area contributed by atoms with Crippen molar-refractivity contribution in [1.82, 2.24) is 10.7 Å². The van der Waals surface area contributed by atoms with Gasteiger partial charge in [0.05, 0.1) is 0 Å². The molecular weight excluding hydrogens is 278 g/mol. The molecule has 0 fully saturated rings. The molecule has 0 unspecified atom stereocenters. The van der Waals surface area contributed by atoms with Crippen LogP contribution in [0.1, 0.15) is 44.7 Å². The van der Waals surface area contributed by atoms with Gasteiger partial charge in [0.1, 0.15) is 5.71 Å². The lowest BCUT2D eigenvalue weighted by molar-refractivity contribution is -0.121. The molecule has 1 aromatic rings. The number of nitrogens with one attached hydrogen (secondary N) is 2. The Labute approximate surface area is 131 Å². The first-order chi connectivity index (χ1) is 10.4. The van der Waals surface area contributed by atoms with Gasteiger partial charge in [-0.3, -0.25) is 9.59 Å². The van der Waals surface area contributed by atoms with Crippen LogP contribution in [0.4, 0.5) is 0 Å². The molecule has 0 aromatic heterocycles. The van der Waals surface area contributed by atoms with E-state index in [1.807, 2.05) is 0 Å². The molecule has 0 saturated carbocycles. The summed E-state index contributed by atoms with van der Waals surface area (Å²) in [5.74, 6) is -0.346. The van der Waals surface area contributed by atoms with Gasteiger partial charge in [0.2, 0.25) is 5.91 Å². The Kier molecular flexibility index (Phi) is 4.96. The summed E-state index contributed by atoms with van der Waals surface area (Å²) in [5.41, 5.74) is 5.36. The second kappa shape index (κ2) is 6.73. The molecular formula is C17H23N3O2. The number of hydrogen-bond acceptors (Lipinski definition) is 3. The monoisotopic (exact) mass is 301 g/mol. The third kappa shape index (κ3) is 4.41. The van der Waals surface area contributed by atoms with Crippen molar-refractivity contribution in [2.45, 2.75) is 45.4 Å². The first-order valence-electron chi connectivity index (χ1n) is 7.59. The van der Waals surface area contributed by atoms with Gasteiger partial charge in [0.15, 0.2) is 0 Å². The van der Waals surface area contributed by atoms with Crippen LogP contribution in [0.5, 0.6) is 0 Å². The van der Waals surface area contributed by atoms with Crippen molar-refractivity contribution in [3.05, 3.63) is 35.4 Å². The van der Waals surface area contributed by atoms with Crippen LogP contribution < -0.4 is 10.7 Å². The smallest absolute Gasteiger partial charge is 0.267 e. The zero-order chi connectivity index (χ0) is 16.2. The van der Waals surface area contributed by atoms with E-state index >= 15 is 0 Å². The van der Waals surface area contributed by atoms with E-state index < -0.39 is 0 Å². The molecule has 0 bridgehead atoms. The molecule has 0 spiro atoms. The van der Waals surface area contributed by atoms with Crippen LogP contribution in [-0.4, -0.2) is 24.1 Å². The molecule has 5 heteroatoms. The summed E-state index contributed by atoms with van der Waals surface area (Å²) in [7, 11) is 0. The lowest BCUT2D eigenvalue weighted by Crippen LogP contribution is -2.37. The van der Waals surface area contributed by atoms with E-state index in [-0.39, 0.29) is 17.2 Å². The minimum Gasteiger partial charge on any atom is -0.351 e. The highest BCUT2D eigenvalue weighted by Gasteiger charge is 2.17. The van der Waals surface area contributed by atoms with Crippen molar-refractivity contribution < 1.29 is 9.59 Å². The number of hydrazone groups is 1. The van der Waals surface area contributed by atoms with Gasteiger partial charge < -0.3 is 5.32 Å². The van der Waals surface area contributed by atoms with Crippen molar-refractivity contribution in [2.75, 3.05) is 6.54 Å². The second-order valence-electron chi connectivity index (χ2n) is 6.55. The van der Waals surface area contributed by atoms with Crippen molar-refractivity contribution in [1.29, 1.82) is 0 Å². The van der Waals surface area contributed by atoms with Gasteiger partial charge in [-0.2, -0.15) is 5.10 Å². The number of amides is 2. The molecule has 22 heavy (non-hydrogen) atoms. The van der Waals surface area contributed by atoms with Crippen LogP contribution in [0.2, 0.25) is 0 Å². The Morgan fingerprint density at radius 1 is 1.23 bits per heavy atom. The summed E-state index contributed by atoms with van der Waals surface area (Å²) in [6.45, 7) is 7.12. The lowest BCUT2D eigenvalue weighted by atomic mass is 9.86. The van der Waals surface area contributed by atoms with E-state index in [9.17, 15) is 9.59 Å². The van der Waals surface area contributed by atoms with Crippen molar-refractivity contribution in [2.24, 2.45) is 5.10 Å². The highest BCUT2D eigenvalue weighted by Crippen LogP contribution is 2.22. The van der Waals surface area contributed by atoms with Crippen LogP contribution in [-0.2, 0) is 21.4 Å². The van der Waals surface area contributed by atoms with Crippen LogP contribution >= 0.6 is 0 Å². The molecule has 1 aliphatic rings. The zero-order valence-electron chi connectivity index (χ0n) is 13.4. The van der Waals surface area contributed by atoms with Crippen LogP contribution in [0.25, 0.3) is 0 Å². The van der Waals surface area contributed by atoms with Crippen molar-refractivity contribution >= 4 is 17.5 Å². The van der Waals surface area contributed by atoms with Gasteiger partial charge in [0.25, 0.3) is 5.91 Å². The van der Waals surface area contributed by atoms with Crippen LogP contribution in [0.3, 0.4) is 0 Å². The third-order valence-electron chi connectivity index (χ3n) is 3.69. The number of carbonyl (C=O) groups excluding carboxylic acids is 2. The van der Waals surface area contributed by atoms with E-state index in [2.05, 4.69) is 60.9 Å². The molecule has 118 valence electrons.